The molecule has 30 heavy (non-hydrogen) atoms. The number of aromatic nitrogens is 6. The van der Waals surface area contributed by atoms with E-state index in [1.807, 2.05) is 32.0 Å². The van der Waals surface area contributed by atoms with Gasteiger partial charge < -0.3 is 14.4 Å². The first-order chi connectivity index (χ1) is 14.5. The summed E-state index contributed by atoms with van der Waals surface area (Å²) in [5, 5.41) is 0.327. The van der Waals surface area contributed by atoms with Crippen LogP contribution in [-0.4, -0.2) is 29.9 Å². The van der Waals surface area contributed by atoms with E-state index in [1.165, 1.54) is 6.33 Å². The number of nitrogens with zero attached hydrogens (tertiary/aromatic N) is 4. The Morgan fingerprint density at radius 2 is 1.90 bits per heavy atom. The molecule has 9 heteroatoms. The van der Waals surface area contributed by atoms with Crippen LogP contribution in [0.25, 0.3) is 45.1 Å². The molecule has 0 aliphatic rings. The van der Waals surface area contributed by atoms with Crippen molar-refractivity contribution >= 4 is 22.8 Å². The molecule has 0 amide bonds. The number of hydrogen-bond acceptors (Lipinski definition) is 6. The molecule has 0 bridgehead atoms. The quantitative estimate of drug-likeness (QED) is 0.422. The number of aromatic amines is 2. The molecule has 0 aliphatic carbocycles. The van der Waals surface area contributed by atoms with Crippen molar-refractivity contribution in [3.05, 3.63) is 69.8 Å². The largest absolute Gasteiger partial charge is 0.460 e. The van der Waals surface area contributed by atoms with Crippen molar-refractivity contribution in [2.75, 3.05) is 0 Å². The number of nitrogens with one attached hydrogen (secondary N) is 2. The third-order valence-corrected chi connectivity index (χ3v) is 4.86. The topological polar surface area (TPSA) is 113 Å². The summed E-state index contributed by atoms with van der Waals surface area (Å²) in [6.45, 7) is 3.69. The molecule has 148 valence electrons. The second-order valence-corrected chi connectivity index (χ2v) is 7.23. The van der Waals surface area contributed by atoms with Crippen molar-refractivity contribution in [1.82, 2.24) is 29.9 Å². The highest BCUT2D eigenvalue weighted by Gasteiger charge is 2.20. The van der Waals surface area contributed by atoms with Crippen LogP contribution in [0.1, 0.15) is 11.5 Å². The molecule has 0 saturated carbocycles. The van der Waals surface area contributed by atoms with Gasteiger partial charge >= 0.3 is 0 Å². The summed E-state index contributed by atoms with van der Waals surface area (Å²) in [7, 11) is 0. The molecule has 5 aromatic heterocycles. The SMILES string of the molecule is Cc1cc(-c2nc3c(=O)c(-c4cnc[nH]4)c[nH]c3nc2-c2ccc(C)o2)cc(Cl)n1. The maximum Gasteiger partial charge on any atom is 0.218 e. The lowest BCUT2D eigenvalue weighted by Crippen LogP contribution is -2.11. The molecule has 0 spiro atoms. The standard InChI is InChI=1S/C21H15ClN6O2/c1-10-5-12(6-16(22)26-10)17-18(15-4-3-11(2)30-15)28-21-19(27-17)20(29)13(7-24-21)14-8-23-9-25-14/h3-9H,1-2H3,(H,23,25)(H,24,28,29). The summed E-state index contributed by atoms with van der Waals surface area (Å²) in [5.74, 6) is 1.28. The zero-order valence-corrected chi connectivity index (χ0v) is 16.8. The number of rotatable bonds is 3. The third-order valence-electron chi connectivity index (χ3n) is 4.67. The Bertz CT molecular complexity index is 1430. The van der Waals surface area contributed by atoms with Gasteiger partial charge in [-0.2, -0.15) is 0 Å². The van der Waals surface area contributed by atoms with Gasteiger partial charge in [-0.3, -0.25) is 4.79 Å². The van der Waals surface area contributed by atoms with Gasteiger partial charge in [-0.05, 0) is 38.1 Å². The van der Waals surface area contributed by atoms with Crippen LogP contribution >= 0.6 is 11.6 Å². The highest BCUT2D eigenvalue weighted by molar-refractivity contribution is 6.29. The molecular formula is C21H15ClN6O2. The molecule has 0 atom stereocenters. The van der Waals surface area contributed by atoms with Crippen LogP contribution < -0.4 is 5.43 Å². The van der Waals surface area contributed by atoms with Crippen LogP contribution in [0.4, 0.5) is 0 Å². The average molecular weight is 419 g/mol. The molecule has 8 nitrogen and oxygen atoms in total. The van der Waals surface area contributed by atoms with Crippen molar-refractivity contribution in [1.29, 1.82) is 0 Å². The lowest BCUT2D eigenvalue weighted by molar-refractivity contribution is 0.546. The number of pyridine rings is 2. The zero-order chi connectivity index (χ0) is 20.8. The maximum absolute atomic E-state index is 13.2. The Balaban J connectivity index is 1.84. The Morgan fingerprint density at radius 1 is 1.03 bits per heavy atom. The molecule has 0 saturated heterocycles. The number of H-pyrrole nitrogens is 2. The number of furan rings is 1. The van der Waals surface area contributed by atoms with E-state index in [4.69, 9.17) is 21.0 Å². The molecule has 0 fully saturated rings. The van der Waals surface area contributed by atoms with E-state index in [1.54, 1.807) is 18.5 Å². The number of hydrogen-bond donors (Lipinski definition) is 2. The lowest BCUT2D eigenvalue weighted by atomic mass is 10.1. The van der Waals surface area contributed by atoms with Crippen molar-refractivity contribution < 1.29 is 4.42 Å². The summed E-state index contributed by atoms with van der Waals surface area (Å²) in [5.41, 5.74) is 3.71. The average Bonchev–Trinajstić information content (AvgIpc) is 3.39. The van der Waals surface area contributed by atoms with Crippen molar-refractivity contribution in [2.45, 2.75) is 13.8 Å². The Kier molecular flexibility index (Phi) is 4.22. The molecule has 5 heterocycles. The molecule has 2 N–H and O–H groups in total. The smallest absolute Gasteiger partial charge is 0.218 e. The van der Waals surface area contributed by atoms with Crippen LogP contribution in [-0.2, 0) is 0 Å². The fourth-order valence-corrected chi connectivity index (χ4v) is 3.58. The first kappa shape index (κ1) is 18.3. The Morgan fingerprint density at radius 3 is 2.60 bits per heavy atom. The monoisotopic (exact) mass is 418 g/mol. The Labute approximate surface area is 175 Å². The van der Waals surface area contributed by atoms with Gasteiger partial charge in [0.2, 0.25) is 5.43 Å². The van der Waals surface area contributed by atoms with Crippen molar-refractivity contribution in [3.63, 3.8) is 0 Å². The summed E-state index contributed by atoms with van der Waals surface area (Å²) in [6.07, 6.45) is 4.69. The zero-order valence-electron chi connectivity index (χ0n) is 16.0. The predicted octanol–water partition coefficient (Wildman–Crippen LogP) is 4.30. The van der Waals surface area contributed by atoms with Crippen molar-refractivity contribution in [3.8, 4) is 34.0 Å². The van der Waals surface area contributed by atoms with E-state index in [0.717, 1.165) is 11.5 Å². The van der Waals surface area contributed by atoms with Crippen molar-refractivity contribution in [2.24, 2.45) is 0 Å². The maximum atomic E-state index is 13.2. The minimum Gasteiger partial charge on any atom is -0.460 e. The van der Waals surface area contributed by atoms with Crippen LogP contribution in [0.3, 0.4) is 0 Å². The lowest BCUT2D eigenvalue weighted by Gasteiger charge is -2.10. The second kappa shape index (κ2) is 6.93. The van der Waals surface area contributed by atoms with Gasteiger partial charge in [0.25, 0.3) is 0 Å². The van der Waals surface area contributed by atoms with Crippen LogP contribution in [0, 0.1) is 13.8 Å². The van der Waals surface area contributed by atoms with E-state index in [-0.39, 0.29) is 10.9 Å². The number of halogens is 1. The van der Waals surface area contributed by atoms with Crippen LogP contribution in [0.2, 0.25) is 5.15 Å². The van der Waals surface area contributed by atoms with Gasteiger partial charge in [-0.15, -0.1) is 0 Å². The van der Waals surface area contributed by atoms with E-state index >= 15 is 0 Å². The van der Waals surface area contributed by atoms with Gasteiger partial charge in [-0.25, -0.2) is 19.9 Å². The fourth-order valence-electron chi connectivity index (χ4n) is 3.33. The molecule has 5 rings (SSSR count). The fraction of sp³-hybridized carbons (Fsp3) is 0.0952. The summed E-state index contributed by atoms with van der Waals surface area (Å²) in [4.78, 5) is 36.7. The second-order valence-electron chi connectivity index (χ2n) is 6.85. The van der Waals surface area contributed by atoms with Gasteiger partial charge in [-0.1, -0.05) is 11.6 Å². The first-order valence-corrected chi connectivity index (χ1v) is 9.51. The molecule has 0 radical (unpaired) electrons. The number of fused-ring (bicyclic) bond motifs is 1. The Hall–Kier alpha value is -3.78. The van der Waals surface area contributed by atoms with E-state index in [9.17, 15) is 4.79 Å². The van der Waals surface area contributed by atoms with Crippen LogP contribution in [0.15, 0.2) is 52.2 Å². The molecule has 5 aromatic rings. The van der Waals surface area contributed by atoms with Crippen LogP contribution in [0.5, 0.6) is 0 Å². The molecule has 0 aromatic carbocycles. The molecular weight excluding hydrogens is 404 g/mol. The summed E-state index contributed by atoms with van der Waals surface area (Å²) < 4.78 is 5.80. The third kappa shape index (κ3) is 3.07. The highest BCUT2D eigenvalue weighted by Crippen LogP contribution is 2.32. The van der Waals surface area contributed by atoms with Gasteiger partial charge in [0.05, 0.1) is 23.8 Å². The molecule has 0 unspecified atom stereocenters. The van der Waals surface area contributed by atoms with E-state index in [2.05, 4.69) is 24.9 Å². The first-order valence-electron chi connectivity index (χ1n) is 9.13. The number of imidazole rings is 1. The predicted molar refractivity (Wildman–Crippen MR) is 113 cm³/mol. The normalized spacial score (nSPS) is 11.3. The minimum atomic E-state index is -0.263. The van der Waals surface area contributed by atoms with Gasteiger partial charge in [0, 0.05) is 17.5 Å². The molecule has 0 aliphatic heterocycles. The summed E-state index contributed by atoms with van der Waals surface area (Å²) in [6, 6.07) is 7.20. The van der Waals surface area contributed by atoms with Gasteiger partial charge in [0.1, 0.15) is 22.3 Å². The van der Waals surface area contributed by atoms with E-state index < -0.39 is 0 Å². The highest BCUT2D eigenvalue weighted by atomic mass is 35.5. The minimum absolute atomic E-state index is 0.203. The van der Waals surface area contributed by atoms with Gasteiger partial charge in [0.15, 0.2) is 16.9 Å². The van der Waals surface area contributed by atoms with E-state index in [0.29, 0.717) is 44.8 Å². The number of aryl methyl sites for hydroxylation is 2. The summed E-state index contributed by atoms with van der Waals surface area (Å²) >= 11 is 6.18.